The monoisotopic (exact) mass is 714 g/mol. The van der Waals surface area contributed by atoms with Gasteiger partial charge in [0, 0.05) is 69.9 Å². The Morgan fingerprint density at radius 1 is 0.633 bits per heavy atom. The first-order valence-electron chi connectivity index (χ1n) is 17.8. The summed E-state index contributed by atoms with van der Waals surface area (Å²) in [5.74, 6) is -2.07. The summed E-state index contributed by atoms with van der Waals surface area (Å²) in [4.78, 5) is 65.7. The van der Waals surface area contributed by atoms with E-state index >= 15 is 0 Å². The number of nitrogens with zero attached hydrogens (tertiary/aromatic N) is 4. The van der Waals surface area contributed by atoms with Crippen molar-refractivity contribution in [3.63, 3.8) is 0 Å². The van der Waals surface area contributed by atoms with Crippen molar-refractivity contribution < 1.29 is 39.3 Å². The van der Waals surface area contributed by atoms with Crippen LogP contribution in [0.3, 0.4) is 0 Å². The van der Waals surface area contributed by atoms with Crippen LogP contribution in [0, 0.1) is 0 Å². The van der Waals surface area contributed by atoms with Gasteiger partial charge in [0.15, 0.2) is 0 Å². The van der Waals surface area contributed by atoms with E-state index in [1.165, 1.54) is 12.8 Å². The highest BCUT2D eigenvalue weighted by Gasteiger charge is 2.42. The van der Waals surface area contributed by atoms with Crippen LogP contribution < -0.4 is 21.3 Å². The molecule has 3 fully saturated rings. The van der Waals surface area contributed by atoms with Crippen LogP contribution in [-0.4, -0.2) is 186 Å². The van der Waals surface area contributed by atoms with Crippen molar-refractivity contribution in [1.82, 2.24) is 40.9 Å². The zero-order valence-electron chi connectivity index (χ0n) is 28.8. The fourth-order valence-electron chi connectivity index (χ4n) is 6.54. The lowest BCUT2D eigenvalue weighted by atomic mass is 10.0. The van der Waals surface area contributed by atoms with E-state index in [0.29, 0.717) is 70.2 Å². The van der Waals surface area contributed by atoms with E-state index in [1.807, 2.05) is 16.7 Å². The van der Waals surface area contributed by atoms with Gasteiger partial charge in [0.1, 0.15) is 0 Å². The number of unbranched alkanes of at least 4 members (excludes halogenated alkanes) is 5. The standard InChI is InChI=1S/C32H58N8O8S/c41-27(34-11-7-2-1-5-9-33-10-6-3-4-8-26-31-25(24-49-26)35-32(48)36-31)20-37-12-14-38(21-28(42)43)16-18-40(23-30(46)47)19-17-39(15-13-37)22-29(44)45/h25-26,31,33H,1-24H2,(H,34,41)(H,42,43)(H,44,45)(H,46,47)(H2,35,36,48)/t25-,26-,31-/m0/s1. The third-order valence-electron chi connectivity index (χ3n) is 9.26. The molecule has 3 aliphatic rings. The first-order chi connectivity index (χ1) is 23.6. The Hall–Kier alpha value is -2.70. The summed E-state index contributed by atoms with van der Waals surface area (Å²) in [5.41, 5.74) is 0. The average Bonchev–Trinajstić information content (AvgIpc) is 3.59. The van der Waals surface area contributed by atoms with E-state index in [1.54, 1.807) is 14.7 Å². The van der Waals surface area contributed by atoms with E-state index in [0.717, 1.165) is 57.4 Å². The number of hydrogen-bond donors (Lipinski definition) is 7. The number of fused-ring (bicyclic) bond motifs is 1. The molecule has 3 amide bonds. The minimum atomic E-state index is -0.998. The molecule has 0 aromatic carbocycles. The second-order valence-corrected chi connectivity index (χ2v) is 14.5. The number of carboxylic acids is 3. The summed E-state index contributed by atoms with van der Waals surface area (Å²) in [5, 5.41) is 41.2. The van der Waals surface area contributed by atoms with Gasteiger partial charge in [-0.2, -0.15) is 11.8 Å². The van der Waals surface area contributed by atoms with Crippen molar-refractivity contribution in [2.24, 2.45) is 0 Å². The van der Waals surface area contributed by atoms with Crippen molar-refractivity contribution in [3.8, 4) is 0 Å². The van der Waals surface area contributed by atoms with Gasteiger partial charge in [-0.3, -0.25) is 38.8 Å². The lowest BCUT2D eigenvalue weighted by molar-refractivity contribution is -0.140. The Morgan fingerprint density at radius 2 is 1.08 bits per heavy atom. The molecule has 3 atom stereocenters. The molecule has 7 N–H and O–H groups in total. The molecule has 280 valence electrons. The molecule has 0 unspecified atom stereocenters. The molecule has 0 spiro atoms. The molecular formula is C32H58N8O8S. The van der Waals surface area contributed by atoms with Crippen molar-refractivity contribution in [3.05, 3.63) is 0 Å². The lowest BCUT2D eigenvalue weighted by Crippen LogP contribution is -2.49. The molecule has 0 aromatic heterocycles. The molecule has 0 aromatic rings. The van der Waals surface area contributed by atoms with Gasteiger partial charge in [-0.15, -0.1) is 0 Å². The molecule has 3 heterocycles. The second kappa shape index (κ2) is 22.9. The largest absolute Gasteiger partial charge is 0.480 e. The Labute approximate surface area is 294 Å². The smallest absolute Gasteiger partial charge is 0.317 e. The third kappa shape index (κ3) is 17.2. The number of carbonyl (C=O) groups is 5. The van der Waals surface area contributed by atoms with Crippen LogP contribution in [0.25, 0.3) is 0 Å². The van der Waals surface area contributed by atoms with Gasteiger partial charge >= 0.3 is 23.9 Å². The molecule has 17 heteroatoms. The highest BCUT2D eigenvalue weighted by molar-refractivity contribution is 8.00. The van der Waals surface area contributed by atoms with Crippen molar-refractivity contribution >= 4 is 41.6 Å². The van der Waals surface area contributed by atoms with Gasteiger partial charge in [0.05, 0.1) is 38.3 Å². The Morgan fingerprint density at radius 3 is 1.57 bits per heavy atom. The van der Waals surface area contributed by atoms with E-state index in [-0.39, 0.29) is 44.2 Å². The van der Waals surface area contributed by atoms with Gasteiger partial charge in [0.25, 0.3) is 0 Å². The van der Waals surface area contributed by atoms with E-state index in [9.17, 15) is 39.3 Å². The summed E-state index contributed by atoms with van der Waals surface area (Å²) in [6.45, 7) is 5.07. The normalized spacial score (nSPS) is 23.2. The van der Waals surface area contributed by atoms with E-state index in [2.05, 4.69) is 21.3 Å². The molecule has 0 radical (unpaired) electrons. The summed E-state index contributed by atoms with van der Waals surface area (Å²) in [6.07, 6.45) is 8.75. The first kappa shape index (κ1) is 40.7. The Balaban J connectivity index is 1.27. The van der Waals surface area contributed by atoms with Crippen molar-refractivity contribution in [2.75, 3.05) is 104 Å². The van der Waals surface area contributed by atoms with Crippen LogP contribution in [0.4, 0.5) is 4.79 Å². The van der Waals surface area contributed by atoms with Gasteiger partial charge < -0.3 is 36.6 Å². The fourth-order valence-corrected chi connectivity index (χ4v) is 8.08. The number of carbonyl (C=O) groups excluding carboxylic acids is 2. The Kier molecular flexibility index (Phi) is 19.0. The predicted octanol–water partition coefficient (Wildman–Crippen LogP) is -0.546. The number of urea groups is 1. The molecule has 3 aliphatic heterocycles. The number of aliphatic carboxylic acids is 3. The number of amides is 3. The number of thioether (sulfide) groups is 1. The number of nitrogens with one attached hydrogen (secondary N) is 4. The van der Waals surface area contributed by atoms with Crippen LogP contribution in [0.1, 0.15) is 51.4 Å². The van der Waals surface area contributed by atoms with Crippen LogP contribution in [-0.2, 0) is 19.2 Å². The molecule has 3 rings (SSSR count). The highest BCUT2D eigenvalue weighted by Crippen LogP contribution is 2.33. The Bertz CT molecular complexity index is 1030. The summed E-state index contributed by atoms with van der Waals surface area (Å²) in [7, 11) is 0. The maximum Gasteiger partial charge on any atom is 0.317 e. The molecule has 16 nitrogen and oxygen atoms in total. The van der Waals surface area contributed by atoms with Crippen molar-refractivity contribution in [1.29, 1.82) is 0 Å². The molecule has 0 bridgehead atoms. The molecule has 3 saturated heterocycles. The minimum absolute atomic E-state index is 0.0244. The summed E-state index contributed by atoms with van der Waals surface area (Å²) < 4.78 is 0. The SMILES string of the molecule is O=C(O)CN1CCN(CC(=O)O)CCN(CC(=O)NCCCCCCNCCCCC[C@@H]2SC[C@@H]3NC(=O)N[C@@H]32)CCN(CC(=O)O)CC1. The van der Waals surface area contributed by atoms with E-state index in [4.69, 9.17) is 0 Å². The average molecular weight is 715 g/mol. The summed E-state index contributed by atoms with van der Waals surface area (Å²) >= 11 is 1.97. The van der Waals surface area contributed by atoms with E-state index < -0.39 is 17.9 Å². The fraction of sp³-hybridized carbons (Fsp3) is 0.844. The first-order valence-corrected chi connectivity index (χ1v) is 18.8. The van der Waals surface area contributed by atoms with Gasteiger partial charge in [-0.1, -0.05) is 25.7 Å². The zero-order valence-corrected chi connectivity index (χ0v) is 29.6. The van der Waals surface area contributed by atoms with Gasteiger partial charge in [-0.25, -0.2) is 4.79 Å². The number of hydrogen-bond acceptors (Lipinski definition) is 11. The lowest BCUT2D eigenvalue weighted by Gasteiger charge is -2.32. The van der Waals surface area contributed by atoms with Crippen LogP contribution in [0.5, 0.6) is 0 Å². The maximum absolute atomic E-state index is 12.8. The predicted molar refractivity (Wildman–Crippen MR) is 187 cm³/mol. The van der Waals surface area contributed by atoms with Gasteiger partial charge in [0.2, 0.25) is 5.91 Å². The van der Waals surface area contributed by atoms with Gasteiger partial charge in [-0.05, 0) is 38.8 Å². The van der Waals surface area contributed by atoms with Crippen LogP contribution >= 0.6 is 11.8 Å². The van der Waals surface area contributed by atoms with Crippen molar-refractivity contribution in [2.45, 2.75) is 68.7 Å². The molecular weight excluding hydrogens is 656 g/mol. The third-order valence-corrected chi connectivity index (χ3v) is 10.8. The van der Waals surface area contributed by atoms with Crippen LogP contribution in [0.2, 0.25) is 0 Å². The zero-order chi connectivity index (χ0) is 35.4. The topological polar surface area (TPSA) is 207 Å². The molecule has 0 aliphatic carbocycles. The second-order valence-electron chi connectivity index (χ2n) is 13.3. The molecule has 0 saturated carbocycles. The maximum atomic E-state index is 12.8. The summed E-state index contributed by atoms with van der Waals surface area (Å²) in [6, 6.07) is 0.557. The van der Waals surface area contributed by atoms with Crippen LogP contribution in [0.15, 0.2) is 0 Å². The molecule has 49 heavy (non-hydrogen) atoms. The quantitative estimate of drug-likeness (QED) is 0.0589. The minimum Gasteiger partial charge on any atom is -0.480 e. The highest BCUT2D eigenvalue weighted by atomic mass is 32.2. The number of rotatable bonds is 21. The number of carboxylic acid groups (broad SMARTS) is 3.